The van der Waals surface area contributed by atoms with Gasteiger partial charge in [-0.25, -0.2) is 4.79 Å². The zero-order valence-corrected chi connectivity index (χ0v) is 10.2. The first-order valence-corrected chi connectivity index (χ1v) is 5.53. The van der Waals surface area contributed by atoms with Gasteiger partial charge in [0.1, 0.15) is 6.61 Å². The Morgan fingerprint density at radius 2 is 2.05 bits per heavy atom. The van der Waals surface area contributed by atoms with Crippen LogP contribution in [-0.4, -0.2) is 28.8 Å². The lowest BCUT2D eigenvalue weighted by Crippen LogP contribution is -2.52. The summed E-state index contributed by atoms with van der Waals surface area (Å²) >= 11 is 0. The molecule has 5 nitrogen and oxygen atoms in total. The number of halogens is 3. The molecular formula is C12H10F3NO4. The molecular weight excluding hydrogens is 279 g/mol. The van der Waals surface area contributed by atoms with Crippen LogP contribution in [0.2, 0.25) is 0 Å². The molecule has 1 aromatic rings. The Morgan fingerprint density at radius 1 is 1.40 bits per heavy atom. The van der Waals surface area contributed by atoms with Gasteiger partial charge in [0.2, 0.25) is 5.60 Å². The molecule has 2 N–H and O–H groups in total. The molecule has 0 saturated heterocycles. The van der Waals surface area contributed by atoms with Gasteiger partial charge in [-0.1, -0.05) is 0 Å². The smallest absolute Gasteiger partial charge is 0.426 e. The summed E-state index contributed by atoms with van der Waals surface area (Å²) in [6.07, 6.45) is -5.09. The van der Waals surface area contributed by atoms with Crippen LogP contribution in [0.4, 0.5) is 18.9 Å². The first-order chi connectivity index (χ1) is 9.13. The third kappa shape index (κ3) is 2.34. The van der Waals surface area contributed by atoms with E-state index in [2.05, 4.69) is 0 Å². The summed E-state index contributed by atoms with van der Waals surface area (Å²) in [6.45, 7) is 0.357. The van der Waals surface area contributed by atoms with Crippen LogP contribution in [0.3, 0.4) is 0 Å². The number of carbonyl (C=O) groups excluding carboxylic acids is 2. The van der Waals surface area contributed by atoms with Gasteiger partial charge in [-0.15, -0.1) is 0 Å². The van der Waals surface area contributed by atoms with Crippen molar-refractivity contribution in [2.75, 3.05) is 5.32 Å². The number of amides is 1. The molecule has 8 heteroatoms. The maximum Gasteiger partial charge on any atom is 0.426 e. The Labute approximate surface area is 111 Å². The number of aliphatic hydroxyl groups is 1. The third-order valence-electron chi connectivity index (χ3n) is 2.94. The van der Waals surface area contributed by atoms with Crippen molar-refractivity contribution in [3.63, 3.8) is 0 Å². The Morgan fingerprint density at radius 3 is 2.65 bits per heavy atom. The van der Waals surface area contributed by atoms with Crippen molar-refractivity contribution < 1.29 is 32.6 Å². The van der Waals surface area contributed by atoms with Crippen molar-refractivity contribution in [1.82, 2.24) is 0 Å². The first kappa shape index (κ1) is 14.3. The van der Waals surface area contributed by atoms with E-state index in [0.717, 1.165) is 0 Å². The summed E-state index contributed by atoms with van der Waals surface area (Å²) in [5, 5.41) is 11.2. The molecule has 0 spiro atoms. The summed E-state index contributed by atoms with van der Waals surface area (Å²) < 4.78 is 42.2. The molecule has 1 aliphatic rings. The lowest BCUT2D eigenvalue weighted by atomic mass is 10.0. The quantitative estimate of drug-likeness (QED) is 0.811. The van der Waals surface area contributed by atoms with Crippen molar-refractivity contribution in [2.24, 2.45) is 0 Å². The van der Waals surface area contributed by atoms with Gasteiger partial charge < -0.3 is 15.2 Å². The van der Waals surface area contributed by atoms with Crippen LogP contribution in [0.25, 0.3) is 0 Å². The Bertz CT molecular complexity index is 581. The van der Waals surface area contributed by atoms with Gasteiger partial charge in [-0.05, 0) is 25.1 Å². The number of fused-ring (bicyclic) bond motifs is 1. The molecule has 1 heterocycles. The van der Waals surface area contributed by atoms with Gasteiger partial charge in [-0.2, -0.15) is 13.2 Å². The lowest BCUT2D eigenvalue weighted by molar-refractivity contribution is -0.242. The number of esters is 1. The zero-order chi connectivity index (χ0) is 15.1. The van der Waals surface area contributed by atoms with Gasteiger partial charge in [0, 0.05) is 11.3 Å². The first-order valence-electron chi connectivity index (χ1n) is 5.53. The molecule has 2 rings (SSSR count). The second-order valence-corrected chi connectivity index (χ2v) is 4.47. The molecule has 1 aromatic carbocycles. The topological polar surface area (TPSA) is 75.6 Å². The number of benzene rings is 1. The number of cyclic esters (lactones) is 1. The number of rotatable bonds is 2. The van der Waals surface area contributed by atoms with Crippen LogP contribution in [0, 0.1) is 0 Å². The van der Waals surface area contributed by atoms with Gasteiger partial charge in [0.25, 0.3) is 5.91 Å². The van der Waals surface area contributed by atoms with E-state index in [1.54, 1.807) is 0 Å². The fraction of sp³-hybridized carbons (Fsp3) is 0.333. The molecule has 0 radical (unpaired) electrons. The van der Waals surface area contributed by atoms with Gasteiger partial charge in [-0.3, -0.25) is 4.79 Å². The maximum atomic E-state index is 12.5. The number of alkyl halides is 3. The number of anilines is 1. The second kappa shape index (κ2) is 4.48. The zero-order valence-electron chi connectivity index (χ0n) is 10.2. The number of carbonyl (C=O) groups is 2. The fourth-order valence-electron chi connectivity index (χ4n) is 1.59. The Hall–Kier alpha value is -2.09. The molecule has 0 saturated carbocycles. The highest BCUT2D eigenvalue weighted by Crippen LogP contribution is 2.31. The fourth-order valence-corrected chi connectivity index (χ4v) is 1.59. The van der Waals surface area contributed by atoms with E-state index in [9.17, 15) is 27.9 Å². The van der Waals surface area contributed by atoms with Gasteiger partial charge in [0.05, 0.1) is 5.56 Å². The summed E-state index contributed by atoms with van der Waals surface area (Å²) in [7, 11) is 0. The van der Waals surface area contributed by atoms with E-state index in [1.807, 2.05) is 5.32 Å². The van der Waals surface area contributed by atoms with Crippen molar-refractivity contribution in [3.8, 4) is 0 Å². The minimum Gasteiger partial charge on any atom is -0.457 e. The predicted molar refractivity (Wildman–Crippen MR) is 60.9 cm³/mol. The van der Waals surface area contributed by atoms with Crippen LogP contribution >= 0.6 is 0 Å². The molecule has 1 unspecified atom stereocenters. The Balaban J connectivity index is 2.20. The highest BCUT2D eigenvalue weighted by Gasteiger charge is 2.55. The highest BCUT2D eigenvalue weighted by atomic mass is 19.4. The second-order valence-electron chi connectivity index (χ2n) is 4.47. The van der Waals surface area contributed by atoms with E-state index in [1.165, 1.54) is 18.2 Å². The maximum absolute atomic E-state index is 12.5. The summed E-state index contributed by atoms with van der Waals surface area (Å²) in [6, 6.07) is 3.92. The van der Waals surface area contributed by atoms with Gasteiger partial charge in [0.15, 0.2) is 0 Å². The van der Waals surface area contributed by atoms with Crippen molar-refractivity contribution >= 4 is 17.6 Å². The van der Waals surface area contributed by atoms with E-state index in [-0.39, 0.29) is 12.3 Å². The van der Waals surface area contributed by atoms with E-state index in [4.69, 9.17) is 4.74 Å². The van der Waals surface area contributed by atoms with Crippen molar-refractivity contribution in [1.29, 1.82) is 0 Å². The SMILES string of the molecule is CC(O)(C(=O)Nc1ccc2c(c1)COC2=O)C(F)(F)F. The average molecular weight is 289 g/mol. The van der Waals surface area contributed by atoms with Crippen LogP contribution in [-0.2, 0) is 16.1 Å². The van der Waals surface area contributed by atoms with Crippen LogP contribution in [0.1, 0.15) is 22.8 Å². The monoisotopic (exact) mass is 289 g/mol. The largest absolute Gasteiger partial charge is 0.457 e. The minimum absolute atomic E-state index is 0.00641. The van der Waals surface area contributed by atoms with Gasteiger partial charge >= 0.3 is 12.1 Å². The molecule has 20 heavy (non-hydrogen) atoms. The summed E-state index contributed by atoms with van der Waals surface area (Å²) in [5.41, 5.74) is -2.71. The van der Waals surface area contributed by atoms with Crippen LogP contribution < -0.4 is 5.32 Å². The lowest BCUT2D eigenvalue weighted by Gasteiger charge is -2.24. The number of nitrogens with one attached hydrogen (secondary N) is 1. The summed E-state index contributed by atoms with van der Waals surface area (Å²) in [4.78, 5) is 22.7. The molecule has 0 bridgehead atoms. The van der Waals surface area contributed by atoms with E-state index < -0.39 is 23.7 Å². The number of ether oxygens (including phenoxy) is 1. The molecule has 0 aromatic heterocycles. The minimum atomic E-state index is -5.09. The van der Waals surface area contributed by atoms with Crippen LogP contribution in [0.15, 0.2) is 18.2 Å². The normalized spacial score (nSPS) is 17.1. The predicted octanol–water partition coefficient (Wildman–Crippen LogP) is 1.61. The molecule has 1 amide bonds. The standard InChI is InChI=1S/C12H10F3NO4/c1-11(19,12(13,14)15)10(18)16-7-2-3-8-6(4-7)5-20-9(8)17/h2-4,19H,5H2,1H3,(H,16,18). The summed E-state index contributed by atoms with van der Waals surface area (Å²) in [5.74, 6) is -2.13. The highest BCUT2D eigenvalue weighted by molar-refractivity contribution is 5.99. The van der Waals surface area contributed by atoms with E-state index >= 15 is 0 Å². The van der Waals surface area contributed by atoms with Crippen LogP contribution in [0.5, 0.6) is 0 Å². The van der Waals surface area contributed by atoms with Crippen molar-refractivity contribution in [2.45, 2.75) is 25.3 Å². The third-order valence-corrected chi connectivity index (χ3v) is 2.94. The van der Waals surface area contributed by atoms with E-state index in [0.29, 0.717) is 18.1 Å². The molecule has 0 fully saturated rings. The molecule has 108 valence electrons. The molecule has 1 atom stereocenters. The molecule has 1 aliphatic heterocycles. The number of hydrogen-bond acceptors (Lipinski definition) is 4. The number of hydrogen-bond donors (Lipinski definition) is 2. The van der Waals surface area contributed by atoms with Crippen molar-refractivity contribution in [3.05, 3.63) is 29.3 Å². The average Bonchev–Trinajstić information content (AvgIpc) is 2.69. The Kier molecular flexibility index (Phi) is 3.21. The molecule has 0 aliphatic carbocycles.